The van der Waals surface area contributed by atoms with Crippen LogP contribution in [0.4, 0.5) is 4.39 Å². The third kappa shape index (κ3) is 3.05. The summed E-state index contributed by atoms with van der Waals surface area (Å²) < 4.78 is 13.7. The Kier molecular flexibility index (Phi) is 4.13. The van der Waals surface area contributed by atoms with Crippen LogP contribution in [-0.2, 0) is 13.1 Å². The largest absolute Gasteiger partial charge is 0.326 e. The number of rotatable bonds is 4. The molecule has 94 valence electrons. The van der Waals surface area contributed by atoms with Crippen LogP contribution in [0.1, 0.15) is 36.8 Å². The number of benzene rings is 1. The van der Waals surface area contributed by atoms with E-state index in [0.29, 0.717) is 19.1 Å². The first-order valence-electron chi connectivity index (χ1n) is 6.38. The molecule has 0 atom stereocenters. The van der Waals surface area contributed by atoms with Gasteiger partial charge in [-0.3, -0.25) is 4.90 Å². The van der Waals surface area contributed by atoms with Crippen molar-refractivity contribution < 1.29 is 4.39 Å². The van der Waals surface area contributed by atoms with E-state index in [1.54, 1.807) is 6.07 Å². The van der Waals surface area contributed by atoms with E-state index in [4.69, 9.17) is 5.73 Å². The van der Waals surface area contributed by atoms with E-state index in [1.807, 2.05) is 6.07 Å². The lowest BCUT2D eigenvalue weighted by Gasteiger charge is -2.24. The Morgan fingerprint density at radius 2 is 2.06 bits per heavy atom. The number of hydrogen-bond acceptors (Lipinski definition) is 2. The second kappa shape index (κ2) is 5.61. The van der Waals surface area contributed by atoms with Gasteiger partial charge in [0.15, 0.2) is 0 Å². The monoisotopic (exact) mass is 236 g/mol. The van der Waals surface area contributed by atoms with E-state index in [-0.39, 0.29) is 5.82 Å². The van der Waals surface area contributed by atoms with Crippen molar-refractivity contribution in [2.45, 2.75) is 44.8 Å². The lowest BCUT2D eigenvalue weighted by atomic mass is 10.1. The van der Waals surface area contributed by atoms with E-state index >= 15 is 0 Å². The highest BCUT2D eigenvalue weighted by Crippen LogP contribution is 2.24. The van der Waals surface area contributed by atoms with Crippen LogP contribution in [0.15, 0.2) is 18.2 Å². The highest BCUT2D eigenvalue weighted by Gasteiger charge is 2.20. The van der Waals surface area contributed by atoms with Gasteiger partial charge >= 0.3 is 0 Å². The molecule has 0 aliphatic heterocycles. The van der Waals surface area contributed by atoms with Gasteiger partial charge in [-0.15, -0.1) is 0 Å². The number of nitrogens with two attached hydrogens (primary N) is 1. The van der Waals surface area contributed by atoms with E-state index < -0.39 is 0 Å². The van der Waals surface area contributed by atoms with Gasteiger partial charge in [-0.25, -0.2) is 4.39 Å². The molecular weight excluding hydrogens is 215 g/mol. The molecule has 1 saturated carbocycles. The lowest BCUT2D eigenvalue weighted by molar-refractivity contribution is 0.234. The third-order valence-corrected chi connectivity index (χ3v) is 3.71. The summed E-state index contributed by atoms with van der Waals surface area (Å²) in [7, 11) is 2.09. The van der Waals surface area contributed by atoms with Crippen LogP contribution >= 0.6 is 0 Å². The summed E-state index contributed by atoms with van der Waals surface area (Å²) in [5.41, 5.74) is 7.35. The molecule has 0 aromatic heterocycles. The molecule has 0 amide bonds. The molecule has 2 N–H and O–H groups in total. The van der Waals surface area contributed by atoms with Crippen LogP contribution in [-0.4, -0.2) is 18.0 Å². The Hall–Kier alpha value is -0.930. The third-order valence-electron chi connectivity index (χ3n) is 3.71. The van der Waals surface area contributed by atoms with Crippen molar-refractivity contribution in [1.29, 1.82) is 0 Å². The number of halogens is 1. The molecule has 17 heavy (non-hydrogen) atoms. The van der Waals surface area contributed by atoms with Crippen molar-refractivity contribution in [3.63, 3.8) is 0 Å². The summed E-state index contributed by atoms with van der Waals surface area (Å²) in [4.78, 5) is 2.27. The molecule has 0 bridgehead atoms. The Labute approximate surface area is 103 Å². The van der Waals surface area contributed by atoms with Crippen molar-refractivity contribution in [3.8, 4) is 0 Å². The van der Waals surface area contributed by atoms with Gasteiger partial charge in [0, 0.05) is 24.7 Å². The Morgan fingerprint density at radius 1 is 1.35 bits per heavy atom. The summed E-state index contributed by atoms with van der Waals surface area (Å²) >= 11 is 0. The molecule has 1 fully saturated rings. The fourth-order valence-electron chi connectivity index (χ4n) is 2.62. The SMILES string of the molecule is CN(Cc1cc(CN)ccc1F)C1CCCC1. The first kappa shape index (κ1) is 12.5. The van der Waals surface area contributed by atoms with Crippen LogP contribution in [0, 0.1) is 5.82 Å². The molecule has 2 nitrogen and oxygen atoms in total. The number of hydrogen-bond donors (Lipinski definition) is 1. The van der Waals surface area contributed by atoms with E-state index in [9.17, 15) is 4.39 Å². The molecule has 2 rings (SSSR count). The van der Waals surface area contributed by atoms with Gasteiger partial charge in [0.1, 0.15) is 5.82 Å². The van der Waals surface area contributed by atoms with Crippen molar-refractivity contribution in [2.75, 3.05) is 7.05 Å². The molecule has 1 aromatic carbocycles. The van der Waals surface area contributed by atoms with Crippen LogP contribution < -0.4 is 5.73 Å². The normalized spacial score (nSPS) is 16.9. The second-order valence-corrected chi connectivity index (χ2v) is 4.98. The maximum absolute atomic E-state index is 13.7. The van der Waals surface area contributed by atoms with Crippen LogP contribution in [0.2, 0.25) is 0 Å². The molecule has 1 aliphatic carbocycles. The molecule has 1 aromatic rings. The van der Waals surface area contributed by atoms with Crippen molar-refractivity contribution in [1.82, 2.24) is 4.90 Å². The maximum Gasteiger partial charge on any atom is 0.127 e. The van der Waals surface area contributed by atoms with E-state index in [1.165, 1.54) is 31.7 Å². The maximum atomic E-state index is 13.7. The van der Waals surface area contributed by atoms with E-state index in [2.05, 4.69) is 11.9 Å². The van der Waals surface area contributed by atoms with Crippen molar-refractivity contribution >= 4 is 0 Å². The predicted molar refractivity (Wildman–Crippen MR) is 68.0 cm³/mol. The van der Waals surface area contributed by atoms with Gasteiger partial charge < -0.3 is 5.73 Å². The average molecular weight is 236 g/mol. The molecule has 3 heteroatoms. The quantitative estimate of drug-likeness (QED) is 0.871. The standard InChI is InChI=1S/C14H21FN2/c1-17(13-4-2-3-5-13)10-12-8-11(9-16)6-7-14(12)15/h6-8,13H,2-5,9-10,16H2,1H3. The predicted octanol–water partition coefficient (Wildman–Crippen LogP) is 2.66. The zero-order valence-corrected chi connectivity index (χ0v) is 10.5. The summed E-state index contributed by atoms with van der Waals surface area (Å²) in [6.45, 7) is 1.16. The Morgan fingerprint density at radius 3 is 2.71 bits per heavy atom. The zero-order chi connectivity index (χ0) is 12.3. The fraction of sp³-hybridized carbons (Fsp3) is 0.571. The summed E-state index contributed by atoms with van der Waals surface area (Å²) in [6, 6.07) is 5.80. The first-order valence-corrected chi connectivity index (χ1v) is 6.38. The first-order chi connectivity index (χ1) is 8.20. The fourth-order valence-corrected chi connectivity index (χ4v) is 2.62. The molecular formula is C14H21FN2. The molecule has 0 spiro atoms. The molecule has 0 radical (unpaired) electrons. The van der Waals surface area contributed by atoms with Gasteiger partial charge in [0.05, 0.1) is 0 Å². The van der Waals surface area contributed by atoms with Crippen LogP contribution in [0.5, 0.6) is 0 Å². The smallest absolute Gasteiger partial charge is 0.127 e. The van der Waals surface area contributed by atoms with Gasteiger partial charge in [-0.1, -0.05) is 25.0 Å². The summed E-state index contributed by atoms with van der Waals surface area (Å²) in [6.07, 6.45) is 5.10. The Balaban J connectivity index is 2.06. The van der Waals surface area contributed by atoms with Gasteiger partial charge in [0.25, 0.3) is 0 Å². The highest BCUT2D eigenvalue weighted by atomic mass is 19.1. The molecule has 0 saturated heterocycles. The number of nitrogens with zero attached hydrogens (tertiary/aromatic N) is 1. The Bertz CT molecular complexity index is 372. The zero-order valence-electron chi connectivity index (χ0n) is 10.5. The van der Waals surface area contributed by atoms with Crippen LogP contribution in [0.3, 0.4) is 0 Å². The summed E-state index contributed by atoms with van der Waals surface area (Å²) in [5, 5.41) is 0. The molecule has 0 heterocycles. The molecule has 0 unspecified atom stereocenters. The van der Waals surface area contributed by atoms with Crippen LogP contribution in [0.25, 0.3) is 0 Å². The van der Waals surface area contributed by atoms with Gasteiger partial charge in [-0.05, 0) is 31.5 Å². The minimum atomic E-state index is -0.118. The summed E-state index contributed by atoms with van der Waals surface area (Å²) in [5.74, 6) is -0.118. The topological polar surface area (TPSA) is 29.3 Å². The van der Waals surface area contributed by atoms with Crippen molar-refractivity contribution in [3.05, 3.63) is 35.1 Å². The van der Waals surface area contributed by atoms with Gasteiger partial charge in [-0.2, -0.15) is 0 Å². The second-order valence-electron chi connectivity index (χ2n) is 4.98. The average Bonchev–Trinajstić information content (AvgIpc) is 2.85. The lowest BCUT2D eigenvalue weighted by Crippen LogP contribution is -2.29. The minimum absolute atomic E-state index is 0.118. The minimum Gasteiger partial charge on any atom is -0.326 e. The van der Waals surface area contributed by atoms with Crippen molar-refractivity contribution in [2.24, 2.45) is 5.73 Å². The van der Waals surface area contributed by atoms with E-state index in [0.717, 1.165) is 11.1 Å². The van der Waals surface area contributed by atoms with Gasteiger partial charge in [0.2, 0.25) is 0 Å². The highest BCUT2D eigenvalue weighted by molar-refractivity contribution is 5.25. The molecule has 1 aliphatic rings.